The summed E-state index contributed by atoms with van der Waals surface area (Å²) in [5, 5.41) is 0.742. The predicted octanol–water partition coefficient (Wildman–Crippen LogP) is 1.88. The SMILES string of the molecule is NNC(c1cccc(Cl)c1)C1CCOC1. The summed E-state index contributed by atoms with van der Waals surface area (Å²) in [6, 6.07) is 7.92. The summed E-state index contributed by atoms with van der Waals surface area (Å²) in [5.74, 6) is 6.02. The zero-order valence-electron chi connectivity index (χ0n) is 8.45. The van der Waals surface area contributed by atoms with Crippen LogP contribution in [0.25, 0.3) is 0 Å². The van der Waals surface area contributed by atoms with E-state index in [1.54, 1.807) is 0 Å². The molecule has 1 heterocycles. The van der Waals surface area contributed by atoms with Gasteiger partial charge in [0.05, 0.1) is 12.6 Å². The molecular formula is C11H15ClN2O. The van der Waals surface area contributed by atoms with Gasteiger partial charge in [0.1, 0.15) is 0 Å². The van der Waals surface area contributed by atoms with E-state index >= 15 is 0 Å². The number of nitrogens with one attached hydrogen (secondary N) is 1. The summed E-state index contributed by atoms with van der Waals surface area (Å²) in [6.07, 6.45) is 1.04. The molecule has 0 spiro atoms. The Bertz CT molecular complexity index is 326. The highest BCUT2D eigenvalue weighted by Gasteiger charge is 2.26. The molecule has 0 bridgehead atoms. The topological polar surface area (TPSA) is 47.3 Å². The molecule has 2 unspecified atom stereocenters. The van der Waals surface area contributed by atoms with E-state index in [2.05, 4.69) is 5.43 Å². The van der Waals surface area contributed by atoms with Crippen molar-refractivity contribution in [2.75, 3.05) is 13.2 Å². The Labute approximate surface area is 94.5 Å². The van der Waals surface area contributed by atoms with Crippen molar-refractivity contribution in [3.05, 3.63) is 34.9 Å². The molecule has 1 aromatic rings. The van der Waals surface area contributed by atoms with Crippen LogP contribution in [0.3, 0.4) is 0 Å². The predicted molar refractivity (Wildman–Crippen MR) is 60.4 cm³/mol. The van der Waals surface area contributed by atoms with Crippen LogP contribution in [0.2, 0.25) is 5.02 Å². The van der Waals surface area contributed by atoms with Gasteiger partial charge in [0.25, 0.3) is 0 Å². The van der Waals surface area contributed by atoms with Gasteiger partial charge in [-0.25, -0.2) is 0 Å². The molecule has 3 N–H and O–H groups in total. The fourth-order valence-electron chi connectivity index (χ4n) is 2.02. The molecule has 0 aliphatic carbocycles. The first-order chi connectivity index (χ1) is 7.31. The van der Waals surface area contributed by atoms with Gasteiger partial charge in [0.2, 0.25) is 0 Å². The summed E-state index contributed by atoms with van der Waals surface area (Å²) >= 11 is 5.95. The van der Waals surface area contributed by atoms with Crippen molar-refractivity contribution in [2.45, 2.75) is 12.5 Å². The number of benzene rings is 1. The van der Waals surface area contributed by atoms with E-state index in [0.717, 1.165) is 30.2 Å². The summed E-state index contributed by atoms with van der Waals surface area (Å²) in [6.45, 7) is 1.59. The average Bonchev–Trinajstić information content (AvgIpc) is 2.72. The first-order valence-corrected chi connectivity index (χ1v) is 5.48. The van der Waals surface area contributed by atoms with Gasteiger partial charge in [-0.1, -0.05) is 23.7 Å². The molecule has 0 aromatic heterocycles. The van der Waals surface area contributed by atoms with Crippen molar-refractivity contribution < 1.29 is 4.74 Å². The van der Waals surface area contributed by atoms with Crippen LogP contribution in [0.1, 0.15) is 18.0 Å². The molecule has 1 fully saturated rings. The van der Waals surface area contributed by atoms with Crippen LogP contribution in [0, 0.1) is 5.92 Å². The van der Waals surface area contributed by atoms with Gasteiger partial charge in [-0.15, -0.1) is 0 Å². The van der Waals surface area contributed by atoms with Crippen molar-refractivity contribution in [2.24, 2.45) is 11.8 Å². The number of ether oxygens (including phenoxy) is 1. The Kier molecular flexibility index (Phi) is 3.59. The van der Waals surface area contributed by atoms with Crippen molar-refractivity contribution in [1.29, 1.82) is 0 Å². The molecule has 2 atom stereocenters. The van der Waals surface area contributed by atoms with Gasteiger partial charge < -0.3 is 4.74 Å². The third-order valence-corrected chi connectivity index (χ3v) is 3.06. The van der Waals surface area contributed by atoms with Crippen LogP contribution in [-0.4, -0.2) is 13.2 Å². The van der Waals surface area contributed by atoms with Crippen molar-refractivity contribution in [3.8, 4) is 0 Å². The van der Waals surface area contributed by atoms with Crippen molar-refractivity contribution >= 4 is 11.6 Å². The fraction of sp³-hybridized carbons (Fsp3) is 0.455. The van der Waals surface area contributed by atoms with E-state index in [1.165, 1.54) is 0 Å². The summed E-state index contributed by atoms with van der Waals surface area (Å²) < 4.78 is 5.36. The molecule has 1 aliphatic heterocycles. The maximum absolute atomic E-state index is 5.95. The maximum atomic E-state index is 5.95. The molecule has 1 aliphatic rings. The highest BCUT2D eigenvalue weighted by atomic mass is 35.5. The van der Waals surface area contributed by atoms with Crippen molar-refractivity contribution in [3.63, 3.8) is 0 Å². The zero-order valence-corrected chi connectivity index (χ0v) is 9.20. The molecule has 82 valence electrons. The molecule has 0 radical (unpaired) electrons. The van der Waals surface area contributed by atoms with E-state index < -0.39 is 0 Å². The second-order valence-corrected chi connectivity index (χ2v) is 4.26. The van der Waals surface area contributed by atoms with E-state index in [-0.39, 0.29) is 6.04 Å². The summed E-state index contributed by atoms with van der Waals surface area (Å²) in [4.78, 5) is 0. The Morgan fingerprint density at radius 3 is 3.00 bits per heavy atom. The molecular weight excluding hydrogens is 212 g/mol. The van der Waals surface area contributed by atoms with Gasteiger partial charge in [-0.3, -0.25) is 11.3 Å². The Morgan fingerprint density at radius 2 is 2.40 bits per heavy atom. The summed E-state index contributed by atoms with van der Waals surface area (Å²) in [7, 11) is 0. The van der Waals surface area contributed by atoms with Gasteiger partial charge in [0, 0.05) is 17.5 Å². The van der Waals surface area contributed by atoms with Crippen LogP contribution >= 0.6 is 11.6 Å². The number of halogens is 1. The minimum absolute atomic E-state index is 0.131. The molecule has 2 rings (SSSR count). The lowest BCUT2D eigenvalue weighted by Gasteiger charge is -2.21. The first-order valence-electron chi connectivity index (χ1n) is 5.10. The zero-order chi connectivity index (χ0) is 10.7. The Hall–Kier alpha value is -0.610. The monoisotopic (exact) mass is 226 g/mol. The van der Waals surface area contributed by atoms with Crippen LogP contribution < -0.4 is 11.3 Å². The van der Waals surface area contributed by atoms with Gasteiger partial charge >= 0.3 is 0 Å². The van der Waals surface area contributed by atoms with Crippen LogP contribution in [-0.2, 0) is 4.74 Å². The number of hydrazine groups is 1. The summed E-state index contributed by atoms with van der Waals surface area (Å²) in [5.41, 5.74) is 3.97. The smallest absolute Gasteiger partial charge is 0.0513 e. The fourth-order valence-corrected chi connectivity index (χ4v) is 2.22. The minimum atomic E-state index is 0.131. The quantitative estimate of drug-likeness (QED) is 0.611. The number of hydrogen-bond acceptors (Lipinski definition) is 3. The molecule has 3 nitrogen and oxygen atoms in total. The molecule has 1 saturated heterocycles. The van der Waals surface area contributed by atoms with Crippen molar-refractivity contribution in [1.82, 2.24) is 5.43 Å². The normalized spacial score (nSPS) is 22.9. The molecule has 0 saturated carbocycles. The second kappa shape index (κ2) is 4.94. The average molecular weight is 227 g/mol. The van der Waals surface area contributed by atoms with Gasteiger partial charge in [0.15, 0.2) is 0 Å². The lowest BCUT2D eigenvalue weighted by atomic mass is 9.93. The van der Waals surface area contributed by atoms with E-state index in [9.17, 15) is 0 Å². The number of hydrogen-bond donors (Lipinski definition) is 2. The highest BCUT2D eigenvalue weighted by Crippen LogP contribution is 2.29. The van der Waals surface area contributed by atoms with E-state index in [1.807, 2.05) is 24.3 Å². The number of rotatable bonds is 3. The van der Waals surface area contributed by atoms with E-state index in [4.69, 9.17) is 22.2 Å². The third kappa shape index (κ3) is 2.49. The molecule has 1 aromatic carbocycles. The first kappa shape index (κ1) is 10.9. The van der Waals surface area contributed by atoms with Crippen LogP contribution in [0.5, 0.6) is 0 Å². The molecule has 0 amide bonds. The maximum Gasteiger partial charge on any atom is 0.0513 e. The van der Waals surface area contributed by atoms with Gasteiger partial charge in [-0.2, -0.15) is 0 Å². The number of nitrogens with two attached hydrogens (primary N) is 1. The van der Waals surface area contributed by atoms with Crippen LogP contribution in [0.15, 0.2) is 24.3 Å². The third-order valence-electron chi connectivity index (χ3n) is 2.82. The standard InChI is InChI=1S/C11H15ClN2O/c12-10-3-1-2-8(6-10)11(14-13)9-4-5-15-7-9/h1-3,6,9,11,14H,4-5,7,13H2. The Balaban J connectivity index is 2.18. The molecule has 15 heavy (non-hydrogen) atoms. The minimum Gasteiger partial charge on any atom is -0.381 e. The Morgan fingerprint density at radius 1 is 1.53 bits per heavy atom. The molecule has 4 heteroatoms. The van der Waals surface area contributed by atoms with Crippen LogP contribution in [0.4, 0.5) is 0 Å². The van der Waals surface area contributed by atoms with E-state index in [0.29, 0.717) is 5.92 Å². The second-order valence-electron chi connectivity index (χ2n) is 3.82. The highest BCUT2D eigenvalue weighted by molar-refractivity contribution is 6.30. The lowest BCUT2D eigenvalue weighted by molar-refractivity contribution is 0.177. The van der Waals surface area contributed by atoms with Gasteiger partial charge in [-0.05, 0) is 24.1 Å². The largest absolute Gasteiger partial charge is 0.381 e. The lowest BCUT2D eigenvalue weighted by Crippen LogP contribution is -2.33.